The number of anilines is 2. The van der Waals surface area contributed by atoms with E-state index >= 15 is 0 Å². The van der Waals surface area contributed by atoms with E-state index in [-0.39, 0.29) is 18.2 Å². The van der Waals surface area contributed by atoms with Crippen LogP contribution in [0.4, 0.5) is 11.5 Å². The van der Waals surface area contributed by atoms with E-state index in [0.29, 0.717) is 28.1 Å². The normalized spacial score (nSPS) is 10.5. The lowest BCUT2D eigenvalue weighted by atomic mass is 10.1. The maximum Gasteiger partial charge on any atom is 0.229 e. The molecule has 0 spiro atoms. The molecule has 144 valence electrons. The van der Waals surface area contributed by atoms with Gasteiger partial charge in [-0.2, -0.15) is 5.10 Å². The lowest BCUT2D eigenvalue weighted by Gasteiger charge is -2.11. The van der Waals surface area contributed by atoms with Crippen molar-refractivity contribution in [1.82, 2.24) is 9.78 Å². The molecule has 3 aromatic rings. The van der Waals surface area contributed by atoms with Gasteiger partial charge in [0.15, 0.2) is 0 Å². The molecular weight excluding hydrogens is 399 g/mol. The average Bonchev–Trinajstić information content (AvgIpc) is 3.05. The van der Waals surface area contributed by atoms with Crippen LogP contribution in [-0.4, -0.2) is 21.6 Å². The highest BCUT2D eigenvalue weighted by Gasteiger charge is 2.10. The van der Waals surface area contributed by atoms with Gasteiger partial charge in [-0.25, -0.2) is 4.68 Å². The fourth-order valence-corrected chi connectivity index (χ4v) is 3.13. The van der Waals surface area contributed by atoms with Crippen LogP contribution >= 0.6 is 23.2 Å². The molecule has 0 radical (unpaired) electrons. The Morgan fingerprint density at radius 1 is 1.04 bits per heavy atom. The Morgan fingerprint density at radius 2 is 1.79 bits per heavy atom. The van der Waals surface area contributed by atoms with E-state index < -0.39 is 0 Å². The summed E-state index contributed by atoms with van der Waals surface area (Å²) in [5, 5.41) is 10.9. The summed E-state index contributed by atoms with van der Waals surface area (Å²) in [7, 11) is 0. The van der Waals surface area contributed by atoms with Crippen molar-refractivity contribution in [3.63, 3.8) is 0 Å². The van der Waals surface area contributed by atoms with E-state index in [1.807, 2.05) is 6.07 Å². The minimum absolute atomic E-state index is 0.139. The van der Waals surface area contributed by atoms with Gasteiger partial charge >= 0.3 is 0 Å². The first-order valence-electron chi connectivity index (χ1n) is 8.53. The molecule has 2 aromatic carbocycles. The molecule has 6 nitrogen and oxygen atoms in total. The number of aromatic nitrogens is 2. The molecule has 1 aromatic heterocycles. The molecule has 0 bridgehead atoms. The molecule has 0 saturated heterocycles. The number of carbonyl (C=O) groups excluding carboxylic acids is 2. The number of hydrogen-bond donors (Lipinski definition) is 2. The van der Waals surface area contributed by atoms with E-state index in [4.69, 9.17) is 23.2 Å². The number of amides is 2. The van der Waals surface area contributed by atoms with Crippen LogP contribution in [0.15, 0.2) is 54.7 Å². The van der Waals surface area contributed by atoms with E-state index in [0.717, 1.165) is 11.1 Å². The fourth-order valence-electron chi connectivity index (χ4n) is 2.66. The van der Waals surface area contributed by atoms with Crippen molar-refractivity contribution in [2.45, 2.75) is 19.9 Å². The number of rotatable bonds is 6. The van der Waals surface area contributed by atoms with Gasteiger partial charge in [-0.1, -0.05) is 41.4 Å². The predicted molar refractivity (Wildman–Crippen MR) is 111 cm³/mol. The summed E-state index contributed by atoms with van der Waals surface area (Å²) >= 11 is 12.1. The molecular formula is C20H18Cl2N4O2. The van der Waals surface area contributed by atoms with Crippen molar-refractivity contribution >= 4 is 46.5 Å². The van der Waals surface area contributed by atoms with Crippen LogP contribution in [0.25, 0.3) is 0 Å². The third kappa shape index (κ3) is 5.34. The largest absolute Gasteiger partial charge is 0.326 e. The van der Waals surface area contributed by atoms with Gasteiger partial charge in [-0.05, 0) is 35.4 Å². The monoisotopic (exact) mass is 416 g/mol. The molecule has 28 heavy (non-hydrogen) atoms. The Labute approximate surface area is 172 Å². The summed E-state index contributed by atoms with van der Waals surface area (Å²) in [5.41, 5.74) is 2.37. The smallest absolute Gasteiger partial charge is 0.229 e. The first-order valence-corrected chi connectivity index (χ1v) is 9.28. The molecule has 1 heterocycles. The van der Waals surface area contributed by atoms with Crippen molar-refractivity contribution in [2.75, 3.05) is 10.6 Å². The summed E-state index contributed by atoms with van der Waals surface area (Å²) in [5.74, 6) is 0.265. The molecule has 0 aliphatic rings. The second-order valence-electron chi connectivity index (χ2n) is 6.21. The highest BCUT2D eigenvalue weighted by molar-refractivity contribution is 6.35. The number of hydrogen-bond acceptors (Lipinski definition) is 3. The van der Waals surface area contributed by atoms with Crippen molar-refractivity contribution in [2.24, 2.45) is 0 Å². The third-order valence-electron chi connectivity index (χ3n) is 3.96. The minimum atomic E-state index is -0.170. The summed E-state index contributed by atoms with van der Waals surface area (Å²) in [6, 6.07) is 14.1. The highest BCUT2D eigenvalue weighted by atomic mass is 35.5. The lowest BCUT2D eigenvalue weighted by Crippen LogP contribution is -2.18. The molecule has 2 N–H and O–H groups in total. The minimum Gasteiger partial charge on any atom is -0.326 e. The maximum absolute atomic E-state index is 12.4. The molecule has 0 aliphatic carbocycles. The molecule has 0 saturated carbocycles. The Bertz CT molecular complexity index is 1000. The van der Waals surface area contributed by atoms with Gasteiger partial charge in [0.05, 0.1) is 19.2 Å². The zero-order chi connectivity index (χ0) is 20.1. The van der Waals surface area contributed by atoms with Gasteiger partial charge < -0.3 is 10.6 Å². The average molecular weight is 417 g/mol. The quantitative estimate of drug-likeness (QED) is 0.625. The van der Waals surface area contributed by atoms with E-state index in [2.05, 4.69) is 15.7 Å². The Kier molecular flexibility index (Phi) is 6.34. The van der Waals surface area contributed by atoms with Crippen LogP contribution in [0.1, 0.15) is 18.1 Å². The summed E-state index contributed by atoms with van der Waals surface area (Å²) in [6.45, 7) is 1.85. The summed E-state index contributed by atoms with van der Waals surface area (Å²) in [6.07, 6.45) is 1.81. The van der Waals surface area contributed by atoms with Gasteiger partial charge in [0.1, 0.15) is 5.82 Å². The number of carbonyl (C=O) groups is 2. The van der Waals surface area contributed by atoms with Crippen LogP contribution < -0.4 is 10.6 Å². The summed E-state index contributed by atoms with van der Waals surface area (Å²) < 4.78 is 1.66. The van der Waals surface area contributed by atoms with Crippen molar-refractivity contribution in [1.29, 1.82) is 0 Å². The number of nitrogens with zero attached hydrogens (tertiary/aromatic N) is 2. The molecule has 0 atom stereocenters. The number of benzene rings is 2. The zero-order valence-corrected chi connectivity index (χ0v) is 16.6. The van der Waals surface area contributed by atoms with Crippen LogP contribution in [0, 0.1) is 0 Å². The number of nitrogens with one attached hydrogen (secondary N) is 2. The van der Waals surface area contributed by atoms with Gasteiger partial charge in [0, 0.05) is 28.7 Å². The Hall–Kier alpha value is -2.83. The molecule has 0 aliphatic heterocycles. The van der Waals surface area contributed by atoms with E-state index in [9.17, 15) is 9.59 Å². The van der Waals surface area contributed by atoms with Crippen molar-refractivity contribution in [3.8, 4) is 0 Å². The molecule has 8 heteroatoms. The lowest BCUT2D eigenvalue weighted by molar-refractivity contribution is -0.116. The highest BCUT2D eigenvalue weighted by Crippen LogP contribution is 2.22. The summed E-state index contributed by atoms with van der Waals surface area (Å²) in [4.78, 5) is 23.4. The van der Waals surface area contributed by atoms with Crippen molar-refractivity contribution < 1.29 is 9.59 Å². The van der Waals surface area contributed by atoms with E-state index in [1.165, 1.54) is 6.92 Å². The predicted octanol–water partition coefficient (Wildman–Crippen LogP) is 4.38. The van der Waals surface area contributed by atoms with Gasteiger partial charge in [0.25, 0.3) is 0 Å². The van der Waals surface area contributed by atoms with Crippen LogP contribution in [0.2, 0.25) is 10.0 Å². The van der Waals surface area contributed by atoms with Crippen LogP contribution in [0.3, 0.4) is 0 Å². The molecule has 3 rings (SSSR count). The maximum atomic E-state index is 12.4. The topological polar surface area (TPSA) is 76.0 Å². The van der Waals surface area contributed by atoms with Crippen LogP contribution in [-0.2, 0) is 22.6 Å². The third-order valence-corrected chi connectivity index (χ3v) is 4.55. The second kappa shape index (κ2) is 8.91. The number of halogens is 2. The van der Waals surface area contributed by atoms with Gasteiger partial charge in [-0.15, -0.1) is 0 Å². The molecule has 0 unspecified atom stereocenters. The second-order valence-corrected chi connectivity index (χ2v) is 7.06. The molecule has 2 amide bonds. The van der Waals surface area contributed by atoms with Gasteiger partial charge in [-0.3, -0.25) is 9.59 Å². The molecule has 0 fully saturated rings. The SMILES string of the molecule is CC(=O)Nc1ccc(CC(=O)Nc2ccnn2Cc2ccc(Cl)cc2Cl)cc1. The zero-order valence-electron chi connectivity index (χ0n) is 15.1. The van der Waals surface area contributed by atoms with Crippen LogP contribution in [0.5, 0.6) is 0 Å². The Morgan fingerprint density at radius 3 is 2.46 bits per heavy atom. The first-order chi connectivity index (χ1) is 13.4. The van der Waals surface area contributed by atoms with E-state index in [1.54, 1.807) is 53.3 Å². The van der Waals surface area contributed by atoms with Gasteiger partial charge in [0.2, 0.25) is 11.8 Å². The Balaban J connectivity index is 1.63. The fraction of sp³-hybridized carbons (Fsp3) is 0.150. The van der Waals surface area contributed by atoms with Crippen molar-refractivity contribution in [3.05, 3.63) is 75.9 Å². The standard InChI is InChI=1S/C20H18Cl2N4O2/c1-13(27)24-17-6-2-14(3-7-17)10-20(28)25-19-8-9-23-26(19)12-15-4-5-16(21)11-18(15)22/h2-9,11H,10,12H2,1H3,(H,24,27)(H,25,28). The first kappa shape index (κ1) is 19.9.